The Morgan fingerprint density at radius 3 is 2.67 bits per heavy atom. The van der Waals surface area contributed by atoms with E-state index in [1.54, 1.807) is 23.2 Å². The summed E-state index contributed by atoms with van der Waals surface area (Å²) in [6.45, 7) is 0.576. The van der Waals surface area contributed by atoms with Gasteiger partial charge in [0.1, 0.15) is 11.9 Å². The summed E-state index contributed by atoms with van der Waals surface area (Å²) in [6.07, 6.45) is 5.49. The molecule has 1 aromatic carbocycles. The van der Waals surface area contributed by atoms with Crippen LogP contribution in [-0.2, 0) is 11.2 Å². The minimum Gasteiger partial charge on any atom is -0.479 e. The van der Waals surface area contributed by atoms with Crippen LogP contribution < -0.4 is 14.4 Å². The normalized spacial score (nSPS) is 21.5. The molecular formula is C21H20N2O4. The van der Waals surface area contributed by atoms with E-state index in [1.807, 2.05) is 18.2 Å². The van der Waals surface area contributed by atoms with Crippen LogP contribution in [0, 0.1) is 0 Å². The fourth-order valence-corrected chi connectivity index (χ4v) is 3.64. The number of hydrogen-bond donors (Lipinski definition) is 0. The van der Waals surface area contributed by atoms with Crippen molar-refractivity contribution >= 4 is 17.4 Å². The maximum atomic E-state index is 12.8. The van der Waals surface area contributed by atoms with Gasteiger partial charge in [0.25, 0.3) is 5.91 Å². The molecule has 2 aliphatic carbocycles. The fraction of sp³-hybridized carbons (Fsp3) is 0.381. The number of hydrogen-bond acceptors (Lipinski definition) is 5. The van der Waals surface area contributed by atoms with Crippen molar-refractivity contribution in [3.05, 3.63) is 47.7 Å². The zero-order chi connectivity index (χ0) is 18.4. The van der Waals surface area contributed by atoms with Crippen LogP contribution in [0.15, 0.2) is 36.5 Å². The van der Waals surface area contributed by atoms with Crippen LogP contribution >= 0.6 is 0 Å². The minimum absolute atomic E-state index is 0.0845. The molecular weight excluding hydrogens is 344 g/mol. The molecule has 6 heteroatoms. The van der Waals surface area contributed by atoms with Gasteiger partial charge in [0, 0.05) is 36.7 Å². The predicted molar refractivity (Wildman–Crippen MR) is 98.4 cm³/mol. The van der Waals surface area contributed by atoms with E-state index in [1.165, 1.54) is 0 Å². The Balaban J connectivity index is 1.27. The Morgan fingerprint density at radius 2 is 1.89 bits per heavy atom. The van der Waals surface area contributed by atoms with Crippen molar-refractivity contribution in [2.24, 2.45) is 0 Å². The van der Waals surface area contributed by atoms with Gasteiger partial charge in [-0.3, -0.25) is 9.59 Å². The number of carbonyl (C=O) groups is 2. The molecule has 1 atom stereocenters. The van der Waals surface area contributed by atoms with Gasteiger partial charge < -0.3 is 14.4 Å². The highest BCUT2D eigenvalue weighted by Gasteiger charge is 2.35. The van der Waals surface area contributed by atoms with Gasteiger partial charge in [0.2, 0.25) is 5.88 Å². The number of fused-ring (bicyclic) bond motifs is 1. The molecule has 0 radical (unpaired) electrons. The molecule has 27 heavy (non-hydrogen) atoms. The average Bonchev–Trinajstić information content (AvgIpc) is 3.33. The number of carbonyl (C=O) groups excluding carboxylic acids is 2. The van der Waals surface area contributed by atoms with Gasteiger partial charge in [-0.25, -0.2) is 4.98 Å². The van der Waals surface area contributed by atoms with Crippen molar-refractivity contribution in [2.75, 3.05) is 11.4 Å². The molecule has 2 aromatic rings. The number of aromatic nitrogens is 1. The Kier molecular flexibility index (Phi) is 3.85. The molecule has 1 saturated carbocycles. The molecule has 3 aliphatic rings. The molecule has 6 nitrogen and oxygen atoms in total. The van der Waals surface area contributed by atoms with Gasteiger partial charge in [-0.15, -0.1) is 0 Å². The number of ketones is 1. The Hall–Kier alpha value is -2.89. The molecule has 0 bridgehead atoms. The van der Waals surface area contributed by atoms with Crippen LogP contribution in [0.2, 0.25) is 0 Å². The summed E-state index contributed by atoms with van der Waals surface area (Å²) in [5.74, 6) is 1.22. The second-order valence-electron chi connectivity index (χ2n) is 7.30. The summed E-state index contributed by atoms with van der Waals surface area (Å²) >= 11 is 0. The van der Waals surface area contributed by atoms with Crippen molar-refractivity contribution < 1.29 is 19.1 Å². The zero-order valence-corrected chi connectivity index (χ0v) is 14.9. The number of pyridine rings is 1. The lowest BCUT2D eigenvalue weighted by Crippen LogP contribution is -2.32. The van der Waals surface area contributed by atoms with E-state index >= 15 is 0 Å². The molecule has 1 amide bonds. The molecule has 1 aromatic heterocycles. The number of ether oxygens (including phenoxy) is 2. The third kappa shape index (κ3) is 3.16. The first-order chi connectivity index (χ1) is 13.2. The second-order valence-corrected chi connectivity index (χ2v) is 7.30. The maximum Gasteiger partial charge on any atom is 0.268 e. The fourth-order valence-electron chi connectivity index (χ4n) is 3.64. The Labute approximate surface area is 157 Å². The number of benzene rings is 1. The van der Waals surface area contributed by atoms with Crippen LogP contribution in [0.4, 0.5) is 5.69 Å². The van der Waals surface area contributed by atoms with E-state index < -0.39 is 6.10 Å². The van der Waals surface area contributed by atoms with Crippen molar-refractivity contribution in [1.29, 1.82) is 0 Å². The van der Waals surface area contributed by atoms with Crippen LogP contribution in [0.3, 0.4) is 0 Å². The molecule has 1 unspecified atom stereocenters. The molecule has 1 aliphatic heterocycles. The summed E-state index contributed by atoms with van der Waals surface area (Å²) in [5, 5.41) is 0. The lowest BCUT2D eigenvalue weighted by molar-refractivity contribution is -0.122. The molecule has 2 heterocycles. The number of anilines is 1. The third-order valence-electron chi connectivity index (χ3n) is 5.28. The molecule has 138 valence electrons. The first-order valence-electron chi connectivity index (χ1n) is 9.44. The summed E-state index contributed by atoms with van der Waals surface area (Å²) in [6, 6.07) is 9.28. The standard InChI is InChI=1S/C21H20N2O4/c24-18-7-2-13-1-3-14(11-17(13)18)23-10-9-19(21(23)25)26-16-6-8-20(22-12-16)27-15-4-5-15/h1,3,6,8,11-12,15,19H,2,4-5,7,9-10H2. The highest BCUT2D eigenvalue weighted by molar-refractivity contribution is 6.04. The molecule has 1 saturated heterocycles. The number of aryl methyl sites for hydroxylation is 1. The zero-order valence-electron chi connectivity index (χ0n) is 14.9. The SMILES string of the molecule is O=C1CCc2ccc(N3CCC(Oc4ccc(OC5CC5)nc4)C3=O)cc21. The van der Waals surface area contributed by atoms with E-state index in [0.717, 1.165) is 36.1 Å². The van der Waals surface area contributed by atoms with Gasteiger partial charge in [0.05, 0.1) is 6.20 Å². The molecule has 0 N–H and O–H groups in total. The lowest BCUT2D eigenvalue weighted by Gasteiger charge is -2.18. The number of amides is 1. The first kappa shape index (κ1) is 16.3. The highest BCUT2D eigenvalue weighted by atomic mass is 16.5. The van der Waals surface area contributed by atoms with Gasteiger partial charge >= 0.3 is 0 Å². The lowest BCUT2D eigenvalue weighted by atomic mass is 10.1. The van der Waals surface area contributed by atoms with Crippen LogP contribution in [0.5, 0.6) is 11.6 Å². The van der Waals surface area contributed by atoms with Crippen LogP contribution in [0.25, 0.3) is 0 Å². The minimum atomic E-state index is -0.536. The predicted octanol–water partition coefficient (Wildman–Crippen LogP) is 2.94. The number of nitrogens with zero attached hydrogens (tertiary/aromatic N) is 2. The maximum absolute atomic E-state index is 12.8. The van der Waals surface area contributed by atoms with E-state index in [2.05, 4.69) is 4.98 Å². The van der Waals surface area contributed by atoms with E-state index in [9.17, 15) is 9.59 Å². The van der Waals surface area contributed by atoms with Crippen molar-refractivity contribution in [2.45, 2.75) is 44.3 Å². The molecule has 0 spiro atoms. The van der Waals surface area contributed by atoms with E-state index in [4.69, 9.17) is 9.47 Å². The van der Waals surface area contributed by atoms with Crippen molar-refractivity contribution in [3.8, 4) is 11.6 Å². The molecule has 2 fully saturated rings. The topological polar surface area (TPSA) is 68.7 Å². The Bertz CT molecular complexity index is 905. The quantitative estimate of drug-likeness (QED) is 0.816. The van der Waals surface area contributed by atoms with Crippen LogP contribution in [0.1, 0.15) is 41.6 Å². The number of rotatable bonds is 5. The largest absolute Gasteiger partial charge is 0.479 e. The van der Waals surface area contributed by atoms with Gasteiger partial charge in [-0.05, 0) is 43.0 Å². The van der Waals surface area contributed by atoms with Gasteiger partial charge in [-0.1, -0.05) is 6.07 Å². The van der Waals surface area contributed by atoms with Gasteiger partial charge in [-0.2, -0.15) is 0 Å². The smallest absolute Gasteiger partial charge is 0.268 e. The van der Waals surface area contributed by atoms with Crippen LogP contribution in [-0.4, -0.2) is 35.4 Å². The average molecular weight is 364 g/mol. The third-order valence-corrected chi connectivity index (χ3v) is 5.28. The highest BCUT2D eigenvalue weighted by Crippen LogP contribution is 2.31. The summed E-state index contributed by atoms with van der Waals surface area (Å²) < 4.78 is 11.5. The summed E-state index contributed by atoms with van der Waals surface area (Å²) in [4.78, 5) is 30.7. The first-order valence-corrected chi connectivity index (χ1v) is 9.44. The molecule has 5 rings (SSSR count). The van der Waals surface area contributed by atoms with Crippen molar-refractivity contribution in [1.82, 2.24) is 4.98 Å². The second kappa shape index (κ2) is 6.37. The Morgan fingerprint density at radius 1 is 1.00 bits per heavy atom. The monoisotopic (exact) mass is 364 g/mol. The summed E-state index contributed by atoms with van der Waals surface area (Å²) in [5.41, 5.74) is 2.59. The van der Waals surface area contributed by atoms with Crippen molar-refractivity contribution in [3.63, 3.8) is 0 Å². The van der Waals surface area contributed by atoms with E-state index in [-0.39, 0.29) is 11.7 Å². The number of Topliss-reactive ketones (excluding diaryl/α,β-unsaturated/α-hetero) is 1. The van der Waals surface area contributed by atoms with E-state index in [0.29, 0.717) is 37.1 Å². The summed E-state index contributed by atoms with van der Waals surface area (Å²) in [7, 11) is 0. The van der Waals surface area contributed by atoms with Gasteiger partial charge in [0.15, 0.2) is 11.9 Å².